The van der Waals surface area contributed by atoms with Gasteiger partial charge in [0.25, 0.3) is 0 Å². The first-order valence-electron chi connectivity index (χ1n) is 12.3. The van der Waals surface area contributed by atoms with Crippen molar-refractivity contribution in [3.8, 4) is 11.3 Å². The lowest BCUT2D eigenvalue weighted by Crippen LogP contribution is -2.63. The number of rotatable bonds is 9. The smallest absolute Gasteiger partial charge is 0.303 e. The number of carbonyl (C=O) groups is 3. The predicted molar refractivity (Wildman–Crippen MR) is 138 cm³/mol. The van der Waals surface area contributed by atoms with Crippen LogP contribution in [0.1, 0.15) is 26.8 Å². The molecule has 0 aliphatic carbocycles. The van der Waals surface area contributed by atoms with Crippen molar-refractivity contribution < 1.29 is 46.1 Å². The molecule has 5 atom stereocenters. The number of hydrogen-bond acceptors (Lipinski definition) is 11. The van der Waals surface area contributed by atoms with Crippen LogP contribution >= 0.6 is 0 Å². The molecule has 1 aliphatic heterocycles. The van der Waals surface area contributed by atoms with Crippen molar-refractivity contribution >= 4 is 27.9 Å². The summed E-state index contributed by atoms with van der Waals surface area (Å²) in [5.74, 6) is -2.76. The molecule has 0 saturated carbocycles. The van der Waals surface area contributed by atoms with Crippen molar-refractivity contribution in [3.05, 3.63) is 66.6 Å². The molecule has 3 unspecified atom stereocenters. The highest BCUT2D eigenvalue weighted by molar-refractivity contribution is 7.89. The first-order chi connectivity index (χ1) is 19.4. The zero-order valence-electron chi connectivity index (χ0n) is 22.2. The normalized spacial score (nSPS) is 22.5. The maximum Gasteiger partial charge on any atom is 0.303 e. The molecule has 0 radical (unpaired) electrons. The Morgan fingerprint density at radius 3 is 2.29 bits per heavy atom. The molecule has 2 aromatic carbocycles. The maximum absolute atomic E-state index is 13.9. The number of aromatic nitrogens is 3. The van der Waals surface area contributed by atoms with E-state index in [1.807, 2.05) is 0 Å². The van der Waals surface area contributed by atoms with E-state index in [-0.39, 0.29) is 10.6 Å². The number of nitrogens with zero attached hydrogens (tertiary/aromatic N) is 3. The summed E-state index contributed by atoms with van der Waals surface area (Å²) in [5.41, 5.74) is 0.589. The number of esters is 3. The number of sulfonamides is 1. The zero-order valence-corrected chi connectivity index (χ0v) is 23.0. The van der Waals surface area contributed by atoms with Gasteiger partial charge in [0.05, 0.1) is 11.1 Å². The summed E-state index contributed by atoms with van der Waals surface area (Å²) in [7, 11) is -4.24. The summed E-state index contributed by atoms with van der Waals surface area (Å²) in [4.78, 5) is 35.9. The number of ether oxygens (including phenoxy) is 4. The van der Waals surface area contributed by atoms with Crippen LogP contribution in [-0.2, 0) is 43.4 Å². The zero-order chi connectivity index (χ0) is 29.7. The van der Waals surface area contributed by atoms with Crippen molar-refractivity contribution in [2.45, 2.75) is 56.2 Å². The SMILES string of the molecule is CC(=O)OCC1O[C@@H](NS(=O)(=O)c2ccccc2)C(OC(C)=O)C(n2cc(-c3cccc(F)c3)nn2)[C@H]1OC(C)=O. The van der Waals surface area contributed by atoms with Gasteiger partial charge in [0.1, 0.15) is 30.3 Å². The Bertz CT molecular complexity index is 1520. The second-order valence-corrected chi connectivity index (χ2v) is 10.8. The van der Waals surface area contributed by atoms with Crippen LogP contribution in [0.4, 0.5) is 4.39 Å². The molecular weight excluding hydrogens is 563 g/mol. The van der Waals surface area contributed by atoms with Crippen LogP contribution in [0.2, 0.25) is 0 Å². The van der Waals surface area contributed by atoms with E-state index in [0.717, 1.165) is 20.8 Å². The average Bonchev–Trinajstić information content (AvgIpc) is 3.39. The van der Waals surface area contributed by atoms with Crippen LogP contribution < -0.4 is 4.72 Å². The van der Waals surface area contributed by atoms with E-state index < -0.39 is 70.9 Å². The Morgan fingerprint density at radius 1 is 0.976 bits per heavy atom. The topological polar surface area (TPSA) is 165 Å². The minimum atomic E-state index is -4.24. The lowest BCUT2D eigenvalue weighted by atomic mass is 9.95. The lowest BCUT2D eigenvalue weighted by Gasteiger charge is -2.44. The molecular formula is C26H27FN4O9S. The summed E-state index contributed by atoms with van der Waals surface area (Å²) in [5, 5.41) is 8.18. The number of benzene rings is 2. The molecule has 41 heavy (non-hydrogen) atoms. The van der Waals surface area contributed by atoms with E-state index in [2.05, 4.69) is 15.0 Å². The lowest BCUT2D eigenvalue weighted by molar-refractivity contribution is -0.231. The fraction of sp³-hybridized carbons (Fsp3) is 0.346. The van der Waals surface area contributed by atoms with Crippen LogP contribution in [0.3, 0.4) is 0 Å². The van der Waals surface area contributed by atoms with Gasteiger partial charge in [0.15, 0.2) is 18.4 Å². The van der Waals surface area contributed by atoms with E-state index in [1.165, 1.54) is 53.3 Å². The van der Waals surface area contributed by atoms with Gasteiger partial charge in [-0.3, -0.25) is 14.4 Å². The van der Waals surface area contributed by atoms with Crippen molar-refractivity contribution in [3.63, 3.8) is 0 Å². The van der Waals surface area contributed by atoms with E-state index in [4.69, 9.17) is 18.9 Å². The van der Waals surface area contributed by atoms with E-state index >= 15 is 0 Å². The number of carbonyl (C=O) groups excluding carboxylic acids is 3. The maximum atomic E-state index is 13.9. The molecule has 4 rings (SSSR count). The largest absolute Gasteiger partial charge is 0.463 e. The molecule has 1 fully saturated rings. The third-order valence-corrected chi connectivity index (χ3v) is 7.41. The molecule has 15 heteroatoms. The highest BCUT2D eigenvalue weighted by atomic mass is 32.2. The first-order valence-corrected chi connectivity index (χ1v) is 13.8. The van der Waals surface area contributed by atoms with Gasteiger partial charge < -0.3 is 18.9 Å². The fourth-order valence-electron chi connectivity index (χ4n) is 4.34. The summed E-state index contributed by atoms with van der Waals surface area (Å²) in [6.07, 6.45) is -4.20. The standard InChI is InChI=1S/C26H27FN4O9S/c1-15(32)37-14-22-24(38-16(2)33)23(31-13-21(28-30-31)18-8-7-9-19(27)12-18)25(39-17(3)34)26(40-22)29-41(35,36)20-10-5-4-6-11-20/h4-13,22-26,29H,14H2,1-3H3/t22?,23?,24-,25?,26+/m0/s1. The summed E-state index contributed by atoms with van der Waals surface area (Å²) < 4.78 is 66.1. The van der Waals surface area contributed by atoms with E-state index in [1.54, 1.807) is 12.1 Å². The van der Waals surface area contributed by atoms with Gasteiger partial charge in [-0.1, -0.05) is 35.5 Å². The van der Waals surface area contributed by atoms with Crippen molar-refractivity contribution in [2.24, 2.45) is 0 Å². The minimum Gasteiger partial charge on any atom is -0.463 e. The van der Waals surface area contributed by atoms with Gasteiger partial charge >= 0.3 is 17.9 Å². The molecule has 0 bridgehead atoms. The third kappa shape index (κ3) is 7.31. The Morgan fingerprint density at radius 2 is 1.66 bits per heavy atom. The molecule has 2 heterocycles. The van der Waals surface area contributed by atoms with Gasteiger partial charge in [0, 0.05) is 26.3 Å². The molecule has 3 aromatic rings. The average molecular weight is 591 g/mol. The summed E-state index contributed by atoms with van der Waals surface area (Å²) >= 11 is 0. The van der Waals surface area contributed by atoms with Gasteiger partial charge in [0.2, 0.25) is 10.0 Å². The molecule has 13 nitrogen and oxygen atoms in total. The van der Waals surface area contributed by atoms with Gasteiger partial charge in [-0.15, -0.1) is 5.10 Å². The monoisotopic (exact) mass is 590 g/mol. The molecule has 1 aromatic heterocycles. The molecule has 0 amide bonds. The second-order valence-electron chi connectivity index (χ2n) is 9.06. The van der Waals surface area contributed by atoms with E-state index in [0.29, 0.717) is 5.56 Å². The molecule has 1 N–H and O–H groups in total. The Hall–Kier alpha value is -4.21. The highest BCUT2D eigenvalue weighted by Gasteiger charge is 2.52. The summed E-state index contributed by atoms with van der Waals surface area (Å²) in [6.45, 7) is 2.93. The number of halogens is 1. The fourth-order valence-corrected chi connectivity index (χ4v) is 5.49. The number of nitrogens with one attached hydrogen (secondary N) is 1. The molecule has 1 aliphatic rings. The van der Waals surface area contributed by atoms with Crippen LogP contribution in [0.15, 0.2) is 65.7 Å². The minimum absolute atomic E-state index is 0.102. The van der Waals surface area contributed by atoms with Gasteiger partial charge in [-0.25, -0.2) is 17.5 Å². The Labute approximate surface area is 234 Å². The highest BCUT2D eigenvalue weighted by Crippen LogP contribution is 2.35. The van der Waals surface area contributed by atoms with Crippen molar-refractivity contribution in [2.75, 3.05) is 6.61 Å². The molecule has 218 valence electrons. The van der Waals surface area contributed by atoms with Crippen LogP contribution in [0.5, 0.6) is 0 Å². The Kier molecular flexibility index (Phi) is 9.10. The number of hydrogen-bond donors (Lipinski definition) is 1. The van der Waals surface area contributed by atoms with E-state index in [9.17, 15) is 27.2 Å². The molecule has 0 spiro atoms. The van der Waals surface area contributed by atoms with Gasteiger partial charge in [-0.05, 0) is 24.3 Å². The predicted octanol–water partition coefficient (Wildman–Crippen LogP) is 1.76. The van der Waals surface area contributed by atoms with Crippen LogP contribution in [-0.4, -0.2) is 72.5 Å². The van der Waals surface area contributed by atoms with Crippen molar-refractivity contribution in [1.82, 2.24) is 19.7 Å². The van der Waals surface area contributed by atoms with Crippen molar-refractivity contribution in [1.29, 1.82) is 0 Å². The summed E-state index contributed by atoms with van der Waals surface area (Å²) in [6, 6.07) is 11.7. The molecule has 1 saturated heterocycles. The second kappa shape index (κ2) is 12.5. The van der Waals surface area contributed by atoms with Crippen LogP contribution in [0, 0.1) is 5.82 Å². The quantitative estimate of drug-likeness (QED) is 0.285. The van der Waals surface area contributed by atoms with Gasteiger partial charge in [-0.2, -0.15) is 4.72 Å². The Balaban J connectivity index is 1.82. The first kappa shape index (κ1) is 29.8. The third-order valence-electron chi connectivity index (χ3n) is 5.98. The van der Waals surface area contributed by atoms with Crippen LogP contribution in [0.25, 0.3) is 11.3 Å².